The molecule has 3 aromatic rings. The predicted octanol–water partition coefficient (Wildman–Crippen LogP) is 7.43. The summed E-state index contributed by atoms with van der Waals surface area (Å²) >= 11 is 6.85. The molecule has 0 spiro atoms. The van der Waals surface area contributed by atoms with Gasteiger partial charge in [0.1, 0.15) is 24.5 Å². The highest BCUT2D eigenvalue weighted by atomic mass is 35.5. The van der Waals surface area contributed by atoms with Gasteiger partial charge in [-0.2, -0.15) is 4.98 Å². The number of aliphatic hydroxyl groups excluding tert-OH is 1. The van der Waals surface area contributed by atoms with Gasteiger partial charge >= 0.3 is 14.8 Å². The Kier molecular flexibility index (Phi) is 10.6. The van der Waals surface area contributed by atoms with Crippen molar-refractivity contribution in [2.45, 2.75) is 127 Å². The number of aliphatic hydroxyl groups is 1. The van der Waals surface area contributed by atoms with Gasteiger partial charge in [-0.25, -0.2) is 4.98 Å². The molecule has 0 radical (unpaired) electrons. The van der Waals surface area contributed by atoms with Crippen molar-refractivity contribution in [1.29, 1.82) is 0 Å². The van der Waals surface area contributed by atoms with Gasteiger partial charge in [-0.05, 0) is 61.4 Å². The minimum absolute atomic E-state index is 0.0941. The molecule has 0 bridgehead atoms. The van der Waals surface area contributed by atoms with E-state index in [1.165, 1.54) is 5.56 Å². The van der Waals surface area contributed by atoms with E-state index < -0.39 is 17.1 Å². The zero-order chi connectivity index (χ0) is 33.5. The van der Waals surface area contributed by atoms with Gasteiger partial charge in [-0.15, -0.1) is 0 Å². The first-order valence-electron chi connectivity index (χ1n) is 17.1. The van der Waals surface area contributed by atoms with Crippen LogP contribution in [0.2, 0.25) is 42.3 Å². The molecule has 0 amide bonds. The molecule has 2 saturated heterocycles. The van der Waals surface area contributed by atoms with Crippen molar-refractivity contribution >= 4 is 39.9 Å². The van der Waals surface area contributed by atoms with E-state index in [0.717, 1.165) is 37.3 Å². The molecule has 4 atom stereocenters. The number of rotatable bonds is 11. The largest absolute Gasteiger partial charge is 0.456 e. The summed E-state index contributed by atoms with van der Waals surface area (Å²) in [5.74, 6) is 0.474. The van der Waals surface area contributed by atoms with Crippen molar-refractivity contribution in [3.63, 3.8) is 0 Å². The fourth-order valence-electron chi connectivity index (χ4n) is 6.49. The molecule has 3 fully saturated rings. The quantitative estimate of drug-likeness (QED) is 0.163. The third-order valence-electron chi connectivity index (χ3n) is 10.4. The summed E-state index contributed by atoms with van der Waals surface area (Å²) in [7, 11) is -2.41. The molecule has 1 saturated carbocycles. The molecule has 2 aromatic heterocycles. The number of halogens is 1. The lowest BCUT2D eigenvalue weighted by atomic mass is 9.82. The third-order valence-corrected chi connectivity index (χ3v) is 16.4. The molecule has 6 rings (SSSR count). The second-order valence-corrected chi connectivity index (χ2v) is 23.4. The van der Waals surface area contributed by atoms with Crippen LogP contribution in [0.25, 0.3) is 22.4 Å². The van der Waals surface area contributed by atoms with E-state index in [1.807, 2.05) is 10.6 Å². The molecule has 256 valence electrons. The second-order valence-electron chi connectivity index (χ2n) is 15.3. The van der Waals surface area contributed by atoms with Gasteiger partial charge in [-0.3, -0.25) is 4.57 Å². The van der Waals surface area contributed by atoms with Gasteiger partial charge in [0.05, 0.1) is 61.9 Å². The highest BCUT2D eigenvalue weighted by Crippen LogP contribution is 2.41. The smallest absolute Gasteiger partial charge is 0.310 e. The molecule has 3 aliphatic rings. The molecule has 1 aromatic carbocycles. The number of imidazole rings is 1. The predicted molar refractivity (Wildman–Crippen MR) is 189 cm³/mol. The Morgan fingerprint density at radius 1 is 1.00 bits per heavy atom. The monoisotopic (exact) mass is 700 g/mol. The number of pyridine rings is 1. The van der Waals surface area contributed by atoms with Crippen LogP contribution in [0, 0.1) is 0 Å². The van der Waals surface area contributed by atoms with Gasteiger partial charge in [0.2, 0.25) is 0 Å². The Bertz CT molecular complexity index is 1520. The van der Waals surface area contributed by atoms with Crippen molar-refractivity contribution in [2.75, 3.05) is 19.8 Å². The fraction of sp³-hybridized carbons (Fsp3) is 0.657. The maximum atomic E-state index is 9.93. The summed E-state index contributed by atoms with van der Waals surface area (Å²) in [5, 5.41) is 10.6. The molecule has 1 N–H and O–H groups in total. The topological polar surface area (TPSA) is 97.1 Å². The Balaban J connectivity index is 1.24. The van der Waals surface area contributed by atoms with Crippen LogP contribution in [-0.4, -0.2) is 87.1 Å². The van der Waals surface area contributed by atoms with Crippen molar-refractivity contribution in [3.8, 4) is 17.3 Å². The van der Waals surface area contributed by atoms with Crippen LogP contribution >= 0.6 is 11.6 Å². The molecule has 1 unspecified atom stereocenters. The standard InChI is InChI=1S/C35H51ClN3O6Si2/c1-35(2,3)47(6,7)45-29-20-43-31-28(19-42-32(29)31)44-34-37-27-18-26(36)30(38-33(27)39(34)21-41-16-17-46(4)5)24-10-8-22(9-11-24)23-12-14-25(40)15-13-23/h8-11,18,23,25,28-29,31-32,40H,12-17,19-21H2,1-7H3/q+1/t23?,25?,28-,29?,31-,32-/m1/s1. The molecule has 4 heterocycles. The summed E-state index contributed by atoms with van der Waals surface area (Å²) < 4.78 is 33.9. The van der Waals surface area contributed by atoms with E-state index in [4.69, 9.17) is 44.9 Å². The van der Waals surface area contributed by atoms with Crippen LogP contribution in [-0.2, 0) is 25.4 Å². The molecule has 9 nitrogen and oxygen atoms in total. The lowest BCUT2D eigenvalue weighted by Gasteiger charge is -2.39. The number of hydrogen-bond acceptors (Lipinski definition) is 8. The van der Waals surface area contributed by atoms with Gasteiger partial charge in [-0.1, -0.05) is 56.6 Å². The normalized spacial score (nSPS) is 26.6. The average molecular weight is 701 g/mol. The fourth-order valence-corrected chi connectivity index (χ4v) is 8.61. The van der Waals surface area contributed by atoms with Crippen LogP contribution in [0.15, 0.2) is 30.3 Å². The Morgan fingerprint density at radius 3 is 2.32 bits per heavy atom. The zero-order valence-corrected chi connectivity index (χ0v) is 31.7. The number of ether oxygens (including phenoxy) is 4. The first-order valence-corrected chi connectivity index (χ1v) is 23.1. The van der Waals surface area contributed by atoms with Crippen LogP contribution in [0.1, 0.15) is 57.9 Å². The number of nitrogens with zero attached hydrogens (tertiary/aromatic N) is 3. The van der Waals surface area contributed by atoms with E-state index in [-0.39, 0.29) is 42.3 Å². The third kappa shape index (κ3) is 7.67. The van der Waals surface area contributed by atoms with E-state index in [0.29, 0.717) is 53.6 Å². The molecule has 2 aliphatic heterocycles. The average Bonchev–Trinajstić information content (AvgIpc) is 3.69. The minimum Gasteiger partial charge on any atom is -0.456 e. The van der Waals surface area contributed by atoms with Crippen molar-refractivity contribution < 1.29 is 28.5 Å². The van der Waals surface area contributed by atoms with Crippen LogP contribution < -0.4 is 4.74 Å². The van der Waals surface area contributed by atoms with Crippen LogP contribution in [0.5, 0.6) is 6.01 Å². The number of fused-ring (bicyclic) bond motifs is 2. The molecule has 47 heavy (non-hydrogen) atoms. The molecule has 1 aliphatic carbocycles. The Hall–Kier alpha value is -1.84. The van der Waals surface area contributed by atoms with Gasteiger partial charge < -0.3 is 28.5 Å². The SMILES string of the molecule is C[Si+](C)CCOCn1c(O[C@@H]2CO[C@@H]3C(O[Si](C)(C)C(C)(C)C)CO[C@@H]32)nc2cc(Cl)c(-c3ccc(C4CCC(O)CC4)cc3)nc21. The Morgan fingerprint density at radius 2 is 1.66 bits per heavy atom. The van der Waals surface area contributed by atoms with Crippen LogP contribution in [0.3, 0.4) is 0 Å². The maximum Gasteiger partial charge on any atom is 0.310 e. The van der Waals surface area contributed by atoms with Crippen molar-refractivity contribution in [2.24, 2.45) is 0 Å². The summed E-state index contributed by atoms with van der Waals surface area (Å²) in [6.07, 6.45) is 2.68. The van der Waals surface area contributed by atoms with Gasteiger partial charge in [0.25, 0.3) is 0 Å². The van der Waals surface area contributed by atoms with Crippen molar-refractivity contribution in [1.82, 2.24) is 14.5 Å². The first-order chi connectivity index (χ1) is 22.3. The lowest BCUT2D eigenvalue weighted by Crippen LogP contribution is -2.47. The maximum absolute atomic E-state index is 9.93. The number of hydrogen-bond donors (Lipinski definition) is 1. The number of aromatic nitrogens is 3. The van der Waals surface area contributed by atoms with Gasteiger partial charge in [0.15, 0.2) is 20.1 Å². The Labute approximate surface area is 287 Å². The van der Waals surface area contributed by atoms with E-state index in [2.05, 4.69) is 71.2 Å². The highest BCUT2D eigenvalue weighted by molar-refractivity contribution is 6.74. The minimum atomic E-state index is -2.00. The van der Waals surface area contributed by atoms with Gasteiger partial charge in [0, 0.05) is 5.56 Å². The van der Waals surface area contributed by atoms with Crippen molar-refractivity contribution in [3.05, 3.63) is 40.9 Å². The number of benzene rings is 1. The van der Waals surface area contributed by atoms with E-state index in [9.17, 15) is 5.11 Å². The zero-order valence-electron chi connectivity index (χ0n) is 28.9. The first kappa shape index (κ1) is 35.0. The van der Waals surface area contributed by atoms with E-state index >= 15 is 0 Å². The molecule has 12 heteroatoms. The molecular formula is C35H51ClN3O6Si2+. The lowest BCUT2D eigenvalue weighted by molar-refractivity contribution is 0.00688. The second kappa shape index (κ2) is 14.2. The van der Waals surface area contributed by atoms with E-state index in [1.54, 1.807) is 0 Å². The summed E-state index contributed by atoms with van der Waals surface area (Å²) in [4.78, 5) is 9.91. The van der Waals surface area contributed by atoms with Crippen LogP contribution in [0.4, 0.5) is 0 Å². The summed E-state index contributed by atoms with van der Waals surface area (Å²) in [6.45, 7) is 17.6. The highest BCUT2D eigenvalue weighted by Gasteiger charge is 2.52. The molecular weight excluding hydrogens is 650 g/mol. The summed E-state index contributed by atoms with van der Waals surface area (Å²) in [5.41, 5.74) is 4.23. The summed E-state index contributed by atoms with van der Waals surface area (Å²) in [6, 6.07) is 11.9.